The average Bonchev–Trinajstić information content (AvgIpc) is 2.80. The molecule has 0 bridgehead atoms. The van der Waals surface area contributed by atoms with E-state index in [0.717, 1.165) is 11.1 Å². The number of halogens is 1. The van der Waals surface area contributed by atoms with Crippen LogP contribution in [0.1, 0.15) is 18.1 Å². The molecule has 0 saturated heterocycles. The summed E-state index contributed by atoms with van der Waals surface area (Å²) in [5.74, 6) is -2.23. The molecule has 3 amide bonds. The summed E-state index contributed by atoms with van der Waals surface area (Å²) in [6.45, 7) is 2.04. The Labute approximate surface area is 179 Å². The van der Waals surface area contributed by atoms with Crippen LogP contribution in [0.5, 0.6) is 0 Å². The minimum atomic E-state index is -0.721. The maximum Gasteiger partial charge on any atom is 0.286 e. The van der Waals surface area contributed by atoms with Crippen molar-refractivity contribution < 1.29 is 23.5 Å². The number of carbonyl (C=O) groups is 3. The van der Waals surface area contributed by atoms with Crippen molar-refractivity contribution in [3.05, 3.63) is 94.5 Å². The van der Waals surface area contributed by atoms with E-state index < -0.39 is 11.8 Å². The highest BCUT2D eigenvalue weighted by Gasteiger charge is 2.41. The first-order valence-corrected chi connectivity index (χ1v) is 9.90. The van der Waals surface area contributed by atoms with Gasteiger partial charge in [-0.25, -0.2) is 4.39 Å². The van der Waals surface area contributed by atoms with E-state index >= 15 is 0 Å². The normalized spacial score (nSPS) is 18.3. The Morgan fingerprint density at radius 3 is 2.52 bits per heavy atom. The molecule has 0 radical (unpaired) electrons. The van der Waals surface area contributed by atoms with Crippen molar-refractivity contribution >= 4 is 17.7 Å². The fourth-order valence-electron chi connectivity index (χ4n) is 3.64. The Balaban J connectivity index is 1.51. The third-order valence-corrected chi connectivity index (χ3v) is 5.43. The van der Waals surface area contributed by atoms with Crippen molar-refractivity contribution in [2.24, 2.45) is 5.92 Å². The van der Waals surface area contributed by atoms with Gasteiger partial charge in [-0.1, -0.05) is 42.5 Å². The zero-order chi connectivity index (χ0) is 22.0. The molecule has 158 valence electrons. The molecule has 31 heavy (non-hydrogen) atoms. The van der Waals surface area contributed by atoms with E-state index in [2.05, 4.69) is 5.32 Å². The number of hydrogen-bond acceptors (Lipinski definition) is 4. The molecule has 1 unspecified atom stereocenters. The molecular formula is C24H21FN2O4. The summed E-state index contributed by atoms with van der Waals surface area (Å²) < 4.78 is 18.6. The Morgan fingerprint density at radius 2 is 1.81 bits per heavy atom. The van der Waals surface area contributed by atoms with Crippen molar-refractivity contribution in [3.63, 3.8) is 0 Å². The summed E-state index contributed by atoms with van der Waals surface area (Å²) in [6.07, 6.45) is 1.47. The minimum absolute atomic E-state index is 0.00294. The van der Waals surface area contributed by atoms with E-state index in [4.69, 9.17) is 4.74 Å². The number of imide groups is 1. The zero-order valence-corrected chi connectivity index (χ0v) is 16.9. The summed E-state index contributed by atoms with van der Waals surface area (Å²) in [5.41, 5.74) is 2.61. The smallest absolute Gasteiger partial charge is 0.286 e. The number of ether oxygens (including phenoxy) is 1. The predicted molar refractivity (Wildman–Crippen MR) is 110 cm³/mol. The first-order chi connectivity index (χ1) is 14.9. The van der Waals surface area contributed by atoms with Crippen molar-refractivity contribution in [2.75, 3.05) is 6.61 Å². The van der Waals surface area contributed by atoms with Crippen molar-refractivity contribution in [2.45, 2.75) is 20.0 Å². The van der Waals surface area contributed by atoms with Crippen LogP contribution in [0.15, 0.2) is 77.6 Å². The van der Waals surface area contributed by atoms with E-state index in [-0.39, 0.29) is 43.1 Å². The van der Waals surface area contributed by atoms with E-state index in [1.54, 1.807) is 19.1 Å². The molecule has 1 atom stereocenters. The lowest BCUT2D eigenvalue weighted by Crippen LogP contribution is -2.47. The van der Waals surface area contributed by atoms with Gasteiger partial charge in [0.2, 0.25) is 5.91 Å². The summed E-state index contributed by atoms with van der Waals surface area (Å²) in [7, 11) is 0. The maximum atomic E-state index is 13.1. The minimum Gasteiger partial charge on any atom is -0.484 e. The lowest BCUT2D eigenvalue weighted by atomic mass is 9.87. The summed E-state index contributed by atoms with van der Waals surface area (Å²) in [5, 5.41) is 2.71. The molecule has 2 aliphatic heterocycles. The van der Waals surface area contributed by atoms with Crippen LogP contribution in [0, 0.1) is 11.7 Å². The number of hydrogen-bond donors (Lipinski definition) is 1. The van der Waals surface area contributed by atoms with Crippen LogP contribution in [0.4, 0.5) is 4.39 Å². The monoisotopic (exact) mass is 420 g/mol. The van der Waals surface area contributed by atoms with Gasteiger partial charge in [0, 0.05) is 12.1 Å². The number of rotatable bonds is 5. The highest BCUT2D eigenvalue weighted by atomic mass is 19.1. The Bertz CT molecular complexity index is 1090. The number of benzene rings is 2. The lowest BCUT2D eigenvalue weighted by Gasteiger charge is -2.34. The van der Waals surface area contributed by atoms with Gasteiger partial charge in [-0.15, -0.1) is 0 Å². The van der Waals surface area contributed by atoms with E-state index in [9.17, 15) is 18.8 Å². The summed E-state index contributed by atoms with van der Waals surface area (Å²) >= 11 is 0. The third kappa shape index (κ3) is 4.26. The van der Waals surface area contributed by atoms with E-state index in [1.165, 1.54) is 23.1 Å². The molecular weight excluding hydrogens is 399 g/mol. The van der Waals surface area contributed by atoms with Gasteiger partial charge in [-0.05, 0) is 41.8 Å². The SMILES string of the molecule is CC1=C2COC(C(=O)NCc3ccc(F)cc3)=CC2C(=O)N(Cc2ccccc2)C1=O. The number of amides is 3. The molecule has 0 saturated carbocycles. The topological polar surface area (TPSA) is 75.7 Å². The first kappa shape index (κ1) is 20.5. The Kier molecular flexibility index (Phi) is 5.66. The molecule has 7 heteroatoms. The Morgan fingerprint density at radius 1 is 1.10 bits per heavy atom. The van der Waals surface area contributed by atoms with E-state index in [0.29, 0.717) is 11.1 Å². The molecule has 0 fully saturated rings. The number of fused-ring (bicyclic) bond motifs is 1. The highest BCUT2D eigenvalue weighted by molar-refractivity contribution is 6.10. The van der Waals surface area contributed by atoms with Crippen LogP contribution in [0.25, 0.3) is 0 Å². The van der Waals surface area contributed by atoms with Gasteiger partial charge < -0.3 is 10.1 Å². The van der Waals surface area contributed by atoms with Gasteiger partial charge >= 0.3 is 0 Å². The molecule has 6 nitrogen and oxygen atoms in total. The molecule has 0 aromatic heterocycles. The molecule has 2 aliphatic rings. The summed E-state index contributed by atoms with van der Waals surface area (Å²) in [6, 6.07) is 15.0. The molecule has 2 aromatic rings. The number of nitrogens with one attached hydrogen (secondary N) is 1. The standard InChI is InChI=1S/C24H21FN2O4/c1-15-20-14-31-21(22(28)26-12-16-7-9-18(25)10-8-16)11-19(20)24(30)27(23(15)29)13-17-5-3-2-4-6-17/h2-11,19H,12-14H2,1H3,(H,26,28). The predicted octanol–water partition coefficient (Wildman–Crippen LogP) is 2.86. The van der Waals surface area contributed by atoms with Gasteiger partial charge in [-0.3, -0.25) is 19.3 Å². The van der Waals surface area contributed by atoms with Crippen LogP contribution in [0.2, 0.25) is 0 Å². The van der Waals surface area contributed by atoms with Crippen molar-refractivity contribution in [3.8, 4) is 0 Å². The molecule has 0 spiro atoms. The highest BCUT2D eigenvalue weighted by Crippen LogP contribution is 2.32. The van der Waals surface area contributed by atoms with Crippen molar-refractivity contribution in [1.82, 2.24) is 10.2 Å². The maximum absolute atomic E-state index is 13.1. The average molecular weight is 420 g/mol. The lowest BCUT2D eigenvalue weighted by molar-refractivity contribution is -0.146. The van der Waals surface area contributed by atoms with Crippen LogP contribution >= 0.6 is 0 Å². The second-order valence-electron chi connectivity index (χ2n) is 7.47. The molecule has 1 N–H and O–H groups in total. The van der Waals surface area contributed by atoms with Gasteiger partial charge in [0.25, 0.3) is 11.8 Å². The molecule has 2 heterocycles. The fourth-order valence-corrected chi connectivity index (χ4v) is 3.64. The van der Waals surface area contributed by atoms with Gasteiger partial charge in [0.15, 0.2) is 5.76 Å². The zero-order valence-electron chi connectivity index (χ0n) is 16.9. The summed E-state index contributed by atoms with van der Waals surface area (Å²) in [4.78, 5) is 39.6. The van der Waals surface area contributed by atoms with Crippen LogP contribution in [0.3, 0.4) is 0 Å². The van der Waals surface area contributed by atoms with Gasteiger partial charge in [0.1, 0.15) is 12.4 Å². The Hall–Kier alpha value is -3.74. The fraction of sp³-hybridized carbons (Fsp3) is 0.208. The number of nitrogens with zero attached hydrogens (tertiary/aromatic N) is 1. The molecule has 2 aromatic carbocycles. The quantitative estimate of drug-likeness (QED) is 0.755. The van der Waals surface area contributed by atoms with Crippen LogP contribution in [-0.2, 0) is 32.2 Å². The second kappa shape index (κ2) is 8.55. The largest absolute Gasteiger partial charge is 0.484 e. The molecule has 4 rings (SSSR count). The first-order valence-electron chi connectivity index (χ1n) is 9.90. The van der Waals surface area contributed by atoms with Gasteiger partial charge in [0.05, 0.1) is 12.5 Å². The van der Waals surface area contributed by atoms with E-state index in [1.807, 2.05) is 30.3 Å². The molecule has 0 aliphatic carbocycles. The van der Waals surface area contributed by atoms with Crippen LogP contribution < -0.4 is 5.32 Å². The van der Waals surface area contributed by atoms with Gasteiger partial charge in [-0.2, -0.15) is 0 Å². The van der Waals surface area contributed by atoms with Crippen LogP contribution in [-0.4, -0.2) is 29.2 Å². The number of carbonyl (C=O) groups excluding carboxylic acids is 3. The van der Waals surface area contributed by atoms with Crippen molar-refractivity contribution in [1.29, 1.82) is 0 Å². The second-order valence-corrected chi connectivity index (χ2v) is 7.47. The third-order valence-electron chi connectivity index (χ3n) is 5.43.